The molecule has 0 aromatic rings. The van der Waals surface area contributed by atoms with E-state index >= 15 is 0 Å². The SMILES string of the molecule is CCCCCCC/C=C\C/C=C\CCCCCCCCCCCCCCCCCC(=O)OC(COC(=O)CCCCCCC/C=C\CCCCCCC)COC(OCC[N+](C)(C)C)C(=O)[O-]. The molecular formula is C57H105NO8. The molecule has 0 aliphatic heterocycles. The summed E-state index contributed by atoms with van der Waals surface area (Å²) < 4.78 is 22.6. The van der Waals surface area contributed by atoms with Gasteiger partial charge in [-0.15, -0.1) is 0 Å². The van der Waals surface area contributed by atoms with Crippen LogP contribution in [-0.4, -0.2) is 82.3 Å². The number of ether oxygens (including phenoxy) is 4. The molecule has 0 saturated carbocycles. The molecule has 0 aromatic carbocycles. The molecule has 9 nitrogen and oxygen atoms in total. The number of hydrogen-bond donors (Lipinski definition) is 0. The molecule has 386 valence electrons. The smallest absolute Gasteiger partial charge is 0.306 e. The van der Waals surface area contributed by atoms with Gasteiger partial charge in [0.15, 0.2) is 12.4 Å². The summed E-state index contributed by atoms with van der Waals surface area (Å²) in [5, 5.41) is 11.7. The van der Waals surface area contributed by atoms with E-state index < -0.39 is 24.3 Å². The Labute approximate surface area is 407 Å². The van der Waals surface area contributed by atoms with Gasteiger partial charge in [0.05, 0.1) is 40.3 Å². The Balaban J connectivity index is 4.20. The lowest BCUT2D eigenvalue weighted by Gasteiger charge is -2.26. The summed E-state index contributed by atoms with van der Waals surface area (Å²) in [6.45, 7) is 4.74. The zero-order chi connectivity index (χ0) is 48.4. The van der Waals surface area contributed by atoms with E-state index in [1.807, 2.05) is 21.1 Å². The van der Waals surface area contributed by atoms with E-state index in [2.05, 4.69) is 50.3 Å². The number of quaternary nitrogens is 1. The normalized spacial score (nSPS) is 13.0. The van der Waals surface area contributed by atoms with Gasteiger partial charge in [0.2, 0.25) is 0 Å². The number of carboxylic acids is 1. The second-order valence-electron chi connectivity index (χ2n) is 19.9. The zero-order valence-electron chi connectivity index (χ0n) is 43.8. The minimum Gasteiger partial charge on any atom is -0.545 e. The number of aliphatic carboxylic acids is 1. The van der Waals surface area contributed by atoms with E-state index in [9.17, 15) is 19.5 Å². The number of carbonyl (C=O) groups is 3. The molecule has 2 atom stereocenters. The Hall–Kier alpha value is -2.49. The van der Waals surface area contributed by atoms with Gasteiger partial charge in [-0.1, -0.05) is 204 Å². The Kier molecular flexibility index (Phi) is 47.1. The lowest BCUT2D eigenvalue weighted by Crippen LogP contribution is -2.44. The number of nitrogens with zero attached hydrogens (tertiary/aromatic N) is 1. The third-order valence-corrected chi connectivity index (χ3v) is 12.1. The number of likely N-dealkylation sites (N-methyl/N-ethyl adjacent to an activating group) is 1. The van der Waals surface area contributed by atoms with Crippen LogP contribution in [0.25, 0.3) is 0 Å². The van der Waals surface area contributed by atoms with Gasteiger partial charge < -0.3 is 33.3 Å². The molecule has 0 heterocycles. The number of rotatable bonds is 51. The highest BCUT2D eigenvalue weighted by Gasteiger charge is 2.22. The quantitative estimate of drug-likeness (QED) is 0.0195. The van der Waals surface area contributed by atoms with Crippen LogP contribution in [0.3, 0.4) is 0 Å². The minimum atomic E-state index is -1.62. The largest absolute Gasteiger partial charge is 0.545 e. The van der Waals surface area contributed by atoms with E-state index in [1.165, 1.54) is 161 Å². The second kappa shape index (κ2) is 48.9. The molecule has 0 radical (unpaired) electrons. The molecule has 0 N–H and O–H groups in total. The summed E-state index contributed by atoms with van der Waals surface area (Å²) in [6, 6.07) is 0. The van der Waals surface area contributed by atoms with Crippen LogP contribution in [0, 0.1) is 0 Å². The van der Waals surface area contributed by atoms with Gasteiger partial charge in [-0.25, -0.2) is 0 Å². The molecule has 0 aliphatic carbocycles. The van der Waals surface area contributed by atoms with Crippen molar-refractivity contribution < 1.29 is 42.9 Å². The average molecular weight is 932 g/mol. The van der Waals surface area contributed by atoms with E-state index in [-0.39, 0.29) is 38.6 Å². The number of carbonyl (C=O) groups excluding carboxylic acids is 3. The van der Waals surface area contributed by atoms with Gasteiger partial charge >= 0.3 is 11.9 Å². The van der Waals surface area contributed by atoms with Crippen LogP contribution in [-0.2, 0) is 33.3 Å². The molecule has 9 heteroatoms. The molecule has 0 fully saturated rings. The maximum Gasteiger partial charge on any atom is 0.306 e. The van der Waals surface area contributed by atoms with Crippen molar-refractivity contribution in [2.75, 3.05) is 47.5 Å². The van der Waals surface area contributed by atoms with Crippen molar-refractivity contribution in [2.24, 2.45) is 0 Å². The Morgan fingerprint density at radius 2 is 0.818 bits per heavy atom. The molecule has 0 bridgehead atoms. The van der Waals surface area contributed by atoms with Crippen LogP contribution in [0.4, 0.5) is 0 Å². The first-order valence-corrected chi connectivity index (χ1v) is 27.6. The Morgan fingerprint density at radius 3 is 1.21 bits per heavy atom. The van der Waals surface area contributed by atoms with Crippen molar-refractivity contribution in [3.8, 4) is 0 Å². The van der Waals surface area contributed by atoms with Crippen molar-refractivity contribution in [3.63, 3.8) is 0 Å². The van der Waals surface area contributed by atoms with Crippen LogP contribution < -0.4 is 5.11 Å². The lowest BCUT2D eigenvalue weighted by molar-refractivity contribution is -0.870. The van der Waals surface area contributed by atoms with Crippen LogP contribution in [0.1, 0.15) is 251 Å². The number of hydrogen-bond acceptors (Lipinski definition) is 8. The van der Waals surface area contributed by atoms with E-state index in [0.29, 0.717) is 17.4 Å². The molecule has 0 aliphatic rings. The van der Waals surface area contributed by atoms with Gasteiger partial charge in [-0.3, -0.25) is 9.59 Å². The molecular weight excluding hydrogens is 827 g/mol. The molecule has 0 aromatic heterocycles. The fourth-order valence-corrected chi connectivity index (χ4v) is 7.80. The number of allylic oxidation sites excluding steroid dienone is 6. The van der Waals surface area contributed by atoms with Gasteiger partial charge in [-0.05, 0) is 70.6 Å². The molecule has 0 spiro atoms. The predicted octanol–water partition coefficient (Wildman–Crippen LogP) is 14.4. The van der Waals surface area contributed by atoms with E-state index in [4.69, 9.17) is 18.9 Å². The summed E-state index contributed by atoms with van der Waals surface area (Å²) in [6.07, 6.45) is 54.7. The monoisotopic (exact) mass is 932 g/mol. The summed E-state index contributed by atoms with van der Waals surface area (Å²) in [5.74, 6) is -2.28. The topological polar surface area (TPSA) is 111 Å². The van der Waals surface area contributed by atoms with Gasteiger partial charge in [0.25, 0.3) is 0 Å². The van der Waals surface area contributed by atoms with Gasteiger partial charge in [0.1, 0.15) is 13.2 Å². The second-order valence-corrected chi connectivity index (χ2v) is 19.9. The summed E-state index contributed by atoms with van der Waals surface area (Å²) >= 11 is 0. The highest BCUT2D eigenvalue weighted by molar-refractivity contribution is 5.70. The fraction of sp³-hybridized carbons (Fsp3) is 0.842. The first-order chi connectivity index (χ1) is 32.1. The van der Waals surface area contributed by atoms with Crippen molar-refractivity contribution >= 4 is 17.9 Å². The maximum absolute atomic E-state index is 12.8. The van der Waals surface area contributed by atoms with E-state index in [0.717, 1.165) is 57.8 Å². The van der Waals surface area contributed by atoms with Crippen molar-refractivity contribution in [2.45, 2.75) is 264 Å². The number of esters is 2. The Bertz CT molecular complexity index is 1180. The van der Waals surface area contributed by atoms with Crippen LogP contribution in [0.5, 0.6) is 0 Å². The summed E-state index contributed by atoms with van der Waals surface area (Å²) in [7, 11) is 5.92. The van der Waals surface area contributed by atoms with Crippen molar-refractivity contribution in [1.29, 1.82) is 0 Å². The highest BCUT2D eigenvalue weighted by Crippen LogP contribution is 2.16. The van der Waals surface area contributed by atoms with Gasteiger partial charge in [0, 0.05) is 12.8 Å². The third kappa shape index (κ3) is 49.4. The van der Waals surface area contributed by atoms with Gasteiger partial charge in [-0.2, -0.15) is 0 Å². The lowest BCUT2D eigenvalue weighted by atomic mass is 10.0. The predicted molar refractivity (Wildman–Crippen MR) is 274 cm³/mol. The van der Waals surface area contributed by atoms with Crippen LogP contribution >= 0.6 is 0 Å². The van der Waals surface area contributed by atoms with Crippen molar-refractivity contribution in [1.82, 2.24) is 0 Å². The first kappa shape index (κ1) is 63.5. The number of carboxylic acid groups (broad SMARTS) is 1. The third-order valence-electron chi connectivity index (χ3n) is 12.1. The van der Waals surface area contributed by atoms with E-state index in [1.54, 1.807) is 0 Å². The molecule has 2 unspecified atom stereocenters. The fourth-order valence-electron chi connectivity index (χ4n) is 7.80. The standard InChI is InChI=1S/C57H105NO8/c1-6-8-10-12-14-16-18-20-22-23-24-25-26-27-28-29-30-31-32-33-34-36-38-40-42-44-46-48-55(60)66-53(52-65-57(56(61)62)63-50-49-58(3,4)5)51-64-54(59)47-45-43-41-39-37-35-21-19-17-15-13-11-9-7-2/h18-21,23-24,53,57H,6-17,22,25-52H2,1-5H3/b20-18-,21-19-,24-23-. The summed E-state index contributed by atoms with van der Waals surface area (Å²) in [4.78, 5) is 37.2. The van der Waals surface area contributed by atoms with Crippen LogP contribution in [0.15, 0.2) is 36.5 Å². The highest BCUT2D eigenvalue weighted by atomic mass is 16.7. The molecule has 0 saturated heterocycles. The first-order valence-electron chi connectivity index (χ1n) is 27.6. The molecule has 66 heavy (non-hydrogen) atoms. The summed E-state index contributed by atoms with van der Waals surface area (Å²) in [5.41, 5.74) is 0. The van der Waals surface area contributed by atoms with Crippen molar-refractivity contribution in [3.05, 3.63) is 36.5 Å². The minimum absolute atomic E-state index is 0.147. The van der Waals surface area contributed by atoms with Crippen LogP contribution in [0.2, 0.25) is 0 Å². The number of unbranched alkanes of at least 4 members (excludes halogenated alkanes) is 30. The average Bonchev–Trinajstić information content (AvgIpc) is 3.28. The molecule has 0 amide bonds. The maximum atomic E-state index is 12.8. The zero-order valence-corrected chi connectivity index (χ0v) is 43.8. The Morgan fingerprint density at radius 1 is 0.455 bits per heavy atom. The molecule has 0 rings (SSSR count).